The van der Waals surface area contributed by atoms with Crippen molar-refractivity contribution in [3.63, 3.8) is 0 Å². The molecule has 1 aliphatic carbocycles. The Bertz CT molecular complexity index is 739. The second-order valence-electron chi connectivity index (χ2n) is 5.84. The molecule has 9 heteroatoms. The Morgan fingerprint density at radius 2 is 1.83 bits per heavy atom. The van der Waals surface area contributed by atoms with Gasteiger partial charge in [0.1, 0.15) is 12.1 Å². The van der Waals surface area contributed by atoms with E-state index in [4.69, 9.17) is 0 Å². The first-order valence-corrected chi connectivity index (χ1v) is 7.61. The van der Waals surface area contributed by atoms with Crippen LogP contribution in [0.2, 0.25) is 0 Å². The minimum absolute atomic E-state index is 0.204. The summed E-state index contributed by atoms with van der Waals surface area (Å²) in [7, 11) is 0. The zero-order valence-electron chi connectivity index (χ0n) is 12.3. The first-order chi connectivity index (χ1) is 11.0. The van der Waals surface area contributed by atoms with Crippen LogP contribution in [0.15, 0.2) is 6.33 Å². The van der Waals surface area contributed by atoms with Crippen LogP contribution in [0.3, 0.4) is 0 Å². The molecule has 2 aromatic rings. The van der Waals surface area contributed by atoms with Gasteiger partial charge >= 0.3 is 6.18 Å². The lowest BCUT2D eigenvalue weighted by molar-refractivity contribution is -0.147. The van der Waals surface area contributed by atoms with Gasteiger partial charge in [-0.2, -0.15) is 13.2 Å². The van der Waals surface area contributed by atoms with Gasteiger partial charge in [0.25, 0.3) is 0 Å². The Labute approximate surface area is 130 Å². The van der Waals surface area contributed by atoms with E-state index in [1.165, 1.54) is 0 Å². The molecule has 0 aromatic carbocycles. The predicted molar refractivity (Wildman–Crippen MR) is 74.7 cm³/mol. The van der Waals surface area contributed by atoms with Crippen LogP contribution in [-0.4, -0.2) is 31.3 Å². The first-order valence-electron chi connectivity index (χ1n) is 7.61. The van der Waals surface area contributed by atoms with E-state index in [1.54, 1.807) is 6.33 Å². The quantitative estimate of drug-likeness (QED) is 0.803. The first kappa shape index (κ1) is 14.4. The molecule has 23 heavy (non-hydrogen) atoms. The Morgan fingerprint density at radius 1 is 1.00 bits per heavy atom. The smallest absolute Gasteiger partial charge is 0.347 e. The summed E-state index contributed by atoms with van der Waals surface area (Å²) in [5.41, 5.74) is 2.19. The number of aromatic nitrogens is 5. The number of anilines is 1. The molecule has 1 aliphatic heterocycles. The van der Waals surface area contributed by atoms with Crippen LogP contribution in [0.4, 0.5) is 19.0 Å². The largest absolute Gasteiger partial charge is 0.451 e. The molecule has 0 bridgehead atoms. The van der Waals surface area contributed by atoms with Crippen molar-refractivity contribution < 1.29 is 13.2 Å². The second kappa shape index (κ2) is 5.17. The van der Waals surface area contributed by atoms with Gasteiger partial charge < -0.3 is 9.47 Å². The molecule has 122 valence electrons. The number of fused-ring (bicyclic) bond motifs is 2. The number of rotatable bonds is 1. The van der Waals surface area contributed by atoms with Crippen LogP contribution in [0.1, 0.15) is 35.7 Å². The zero-order valence-corrected chi connectivity index (χ0v) is 12.3. The second-order valence-corrected chi connectivity index (χ2v) is 5.84. The number of hydrogen-bond acceptors (Lipinski definition) is 5. The van der Waals surface area contributed by atoms with Gasteiger partial charge in [-0.15, -0.1) is 10.2 Å². The molecule has 6 nitrogen and oxygen atoms in total. The van der Waals surface area contributed by atoms with E-state index in [-0.39, 0.29) is 13.1 Å². The summed E-state index contributed by atoms with van der Waals surface area (Å²) in [4.78, 5) is 10.7. The fourth-order valence-electron chi connectivity index (χ4n) is 3.32. The van der Waals surface area contributed by atoms with E-state index in [0.717, 1.165) is 47.3 Å². The van der Waals surface area contributed by atoms with Crippen LogP contribution in [-0.2, 0) is 32.1 Å². The van der Waals surface area contributed by atoms with Gasteiger partial charge in [-0.25, -0.2) is 9.97 Å². The van der Waals surface area contributed by atoms with Crippen LogP contribution in [0.25, 0.3) is 0 Å². The number of aryl methyl sites for hydroxylation is 1. The molecular weight excluding hydrogens is 309 g/mol. The summed E-state index contributed by atoms with van der Waals surface area (Å²) in [6, 6.07) is 0. The van der Waals surface area contributed by atoms with Gasteiger partial charge in [-0.1, -0.05) is 0 Å². The Kier molecular flexibility index (Phi) is 3.24. The van der Waals surface area contributed by atoms with Crippen molar-refractivity contribution >= 4 is 5.82 Å². The van der Waals surface area contributed by atoms with Crippen molar-refractivity contribution in [2.45, 2.75) is 44.9 Å². The predicted octanol–water partition coefficient (Wildman–Crippen LogP) is 1.99. The fourth-order valence-corrected chi connectivity index (χ4v) is 3.32. The third-order valence-corrected chi connectivity index (χ3v) is 4.41. The van der Waals surface area contributed by atoms with Gasteiger partial charge in [0, 0.05) is 24.3 Å². The highest BCUT2D eigenvalue weighted by Crippen LogP contribution is 2.32. The van der Waals surface area contributed by atoms with Crippen molar-refractivity contribution in [1.82, 2.24) is 24.7 Å². The SMILES string of the molecule is FC(F)(F)c1nnc2n1CCN(c1ncnc3c1CCCC3)C2. The molecule has 0 N–H and O–H groups in total. The average molecular weight is 324 g/mol. The number of halogens is 3. The lowest BCUT2D eigenvalue weighted by Gasteiger charge is -2.31. The maximum Gasteiger partial charge on any atom is 0.451 e. The molecule has 0 amide bonds. The fraction of sp³-hybridized carbons (Fsp3) is 0.571. The third kappa shape index (κ3) is 2.43. The minimum Gasteiger partial charge on any atom is -0.347 e. The van der Waals surface area contributed by atoms with E-state index in [0.29, 0.717) is 12.4 Å². The Hall–Kier alpha value is -2.19. The van der Waals surface area contributed by atoms with Crippen molar-refractivity contribution in [1.29, 1.82) is 0 Å². The highest BCUT2D eigenvalue weighted by molar-refractivity contribution is 5.50. The number of alkyl halides is 3. The number of nitrogens with zero attached hydrogens (tertiary/aromatic N) is 6. The van der Waals surface area contributed by atoms with Crippen LogP contribution in [0.5, 0.6) is 0 Å². The van der Waals surface area contributed by atoms with E-state index < -0.39 is 12.0 Å². The molecule has 0 saturated carbocycles. The van der Waals surface area contributed by atoms with Crippen LogP contribution < -0.4 is 4.90 Å². The van der Waals surface area contributed by atoms with Gasteiger partial charge in [0.05, 0.1) is 6.54 Å². The minimum atomic E-state index is -4.47. The van der Waals surface area contributed by atoms with Crippen LogP contribution in [0, 0.1) is 0 Å². The van der Waals surface area contributed by atoms with Crippen molar-refractivity contribution in [2.75, 3.05) is 11.4 Å². The molecule has 0 radical (unpaired) electrons. The van der Waals surface area contributed by atoms with Crippen molar-refractivity contribution in [3.8, 4) is 0 Å². The van der Waals surface area contributed by atoms with E-state index in [9.17, 15) is 13.2 Å². The maximum absolute atomic E-state index is 12.9. The monoisotopic (exact) mass is 324 g/mol. The summed E-state index contributed by atoms with van der Waals surface area (Å²) in [6.07, 6.45) is 1.14. The highest BCUT2D eigenvalue weighted by Gasteiger charge is 2.39. The Morgan fingerprint density at radius 3 is 2.65 bits per heavy atom. The molecule has 2 aliphatic rings. The van der Waals surface area contributed by atoms with Crippen LogP contribution >= 0.6 is 0 Å². The molecule has 0 spiro atoms. The summed E-state index contributed by atoms with van der Waals surface area (Å²) in [5, 5.41) is 7.03. The molecule has 0 fully saturated rings. The lowest BCUT2D eigenvalue weighted by atomic mass is 9.96. The highest BCUT2D eigenvalue weighted by atomic mass is 19.4. The van der Waals surface area contributed by atoms with Gasteiger partial charge in [0.15, 0.2) is 5.82 Å². The van der Waals surface area contributed by atoms with Gasteiger partial charge in [-0.3, -0.25) is 0 Å². The van der Waals surface area contributed by atoms with E-state index >= 15 is 0 Å². The lowest BCUT2D eigenvalue weighted by Crippen LogP contribution is -2.36. The standard InChI is InChI=1S/C14H15F3N6/c15-14(16,17)13-21-20-11-7-22(5-6-23(11)13)12-9-3-1-2-4-10(9)18-8-19-12/h8H,1-7H2. The summed E-state index contributed by atoms with van der Waals surface area (Å²) in [6.45, 7) is 0.945. The molecule has 0 atom stereocenters. The zero-order chi connectivity index (χ0) is 16.0. The third-order valence-electron chi connectivity index (χ3n) is 4.41. The summed E-state index contributed by atoms with van der Waals surface area (Å²) < 4.78 is 39.8. The van der Waals surface area contributed by atoms with Gasteiger partial charge in [0.2, 0.25) is 5.82 Å². The molecule has 4 rings (SSSR count). The molecule has 0 saturated heterocycles. The molecule has 3 heterocycles. The topological polar surface area (TPSA) is 59.7 Å². The average Bonchev–Trinajstić information content (AvgIpc) is 2.97. The molecule has 0 unspecified atom stereocenters. The summed E-state index contributed by atoms with van der Waals surface area (Å²) in [5.74, 6) is 0.237. The number of hydrogen-bond donors (Lipinski definition) is 0. The van der Waals surface area contributed by atoms with Gasteiger partial charge in [-0.05, 0) is 25.7 Å². The van der Waals surface area contributed by atoms with E-state index in [2.05, 4.69) is 20.2 Å². The van der Waals surface area contributed by atoms with E-state index in [1.807, 2.05) is 4.90 Å². The normalized spacial score (nSPS) is 17.8. The maximum atomic E-state index is 12.9. The Balaban J connectivity index is 1.66. The van der Waals surface area contributed by atoms with Crippen molar-refractivity contribution in [2.24, 2.45) is 0 Å². The molecule has 2 aromatic heterocycles. The summed E-state index contributed by atoms with van der Waals surface area (Å²) >= 11 is 0. The molecular formula is C14H15F3N6. The van der Waals surface area contributed by atoms with Crippen molar-refractivity contribution in [3.05, 3.63) is 29.2 Å².